The van der Waals surface area contributed by atoms with Crippen LogP contribution in [0.2, 0.25) is 0 Å². The van der Waals surface area contributed by atoms with E-state index in [1.54, 1.807) is 0 Å². The molecule has 8 nitrogen and oxygen atoms in total. The van der Waals surface area contributed by atoms with Crippen molar-refractivity contribution >= 4 is 11.9 Å². The third-order valence-corrected chi connectivity index (χ3v) is 8.06. The van der Waals surface area contributed by atoms with Crippen molar-refractivity contribution in [3.8, 4) is 5.75 Å². The molecule has 0 aromatic heterocycles. The molecule has 0 bridgehead atoms. The fourth-order valence-electron chi connectivity index (χ4n) is 5.81. The first-order valence-corrected chi connectivity index (χ1v) is 14.4. The lowest BCUT2D eigenvalue weighted by Gasteiger charge is -2.43. The number of carbonyl (C=O) groups excluding carboxylic acids is 1. The van der Waals surface area contributed by atoms with E-state index in [0.717, 1.165) is 11.1 Å². The van der Waals surface area contributed by atoms with Crippen LogP contribution in [0.3, 0.4) is 0 Å². The Bertz CT molecular complexity index is 1050. The van der Waals surface area contributed by atoms with Crippen LogP contribution < -0.4 is 4.74 Å². The number of carboxylic acid groups (broad SMARTS) is 1. The molecule has 0 radical (unpaired) electrons. The van der Waals surface area contributed by atoms with Gasteiger partial charge in [0.05, 0.1) is 24.7 Å². The van der Waals surface area contributed by atoms with Crippen LogP contribution in [0.25, 0.3) is 0 Å². The normalized spacial score (nSPS) is 26.7. The monoisotopic (exact) mass is 558 g/mol. The molecule has 0 fully saturated rings. The number of fused-ring (bicyclic) bond motifs is 1. The van der Waals surface area contributed by atoms with Crippen molar-refractivity contribution in [1.82, 2.24) is 0 Å². The van der Waals surface area contributed by atoms with Crippen LogP contribution in [-0.4, -0.2) is 62.9 Å². The van der Waals surface area contributed by atoms with Gasteiger partial charge in [0.15, 0.2) is 6.10 Å². The van der Waals surface area contributed by atoms with Crippen molar-refractivity contribution in [2.45, 2.75) is 109 Å². The predicted octanol–water partition coefficient (Wildman–Crippen LogP) is 4.55. The van der Waals surface area contributed by atoms with Crippen LogP contribution in [-0.2, 0) is 19.7 Å². The summed E-state index contributed by atoms with van der Waals surface area (Å²) in [5, 5.41) is 39.8. The number of aliphatic carboxylic acids is 1. The Kier molecular flexibility index (Phi) is 11.0. The van der Waals surface area contributed by atoms with Crippen LogP contribution >= 0.6 is 0 Å². The summed E-state index contributed by atoms with van der Waals surface area (Å²) in [7, 11) is 0. The highest BCUT2D eigenvalue weighted by Crippen LogP contribution is 2.44. The molecule has 0 heterocycles. The van der Waals surface area contributed by atoms with Crippen LogP contribution in [0.1, 0.15) is 78.7 Å². The fourth-order valence-corrected chi connectivity index (χ4v) is 5.81. The van der Waals surface area contributed by atoms with Gasteiger partial charge in [0.2, 0.25) is 0 Å². The third kappa shape index (κ3) is 8.66. The highest BCUT2D eigenvalue weighted by molar-refractivity contribution is 5.75. The SMILES string of the molecule is CCC(Oc1ccc(C(C)(C)C)cc1)C(=O)O[C@H]1C[C@H](O)C=C2C=C[C@H](C)[C@H](CC[C@@H](O)C[C@@H](O)CC(=O)O)[C@H]21. The Labute approximate surface area is 237 Å². The number of allylic oxidation sites excluding steroid dienone is 2. The van der Waals surface area contributed by atoms with Crippen molar-refractivity contribution in [1.29, 1.82) is 0 Å². The van der Waals surface area contributed by atoms with E-state index in [2.05, 4.69) is 33.8 Å². The molecule has 1 unspecified atom stereocenters. The van der Waals surface area contributed by atoms with Crippen molar-refractivity contribution < 1.29 is 39.5 Å². The highest BCUT2D eigenvalue weighted by Gasteiger charge is 2.42. The molecule has 1 aromatic rings. The first kappa shape index (κ1) is 31.8. The second kappa shape index (κ2) is 13.8. The van der Waals surface area contributed by atoms with Crippen molar-refractivity contribution in [3.05, 3.63) is 53.6 Å². The van der Waals surface area contributed by atoms with E-state index in [0.29, 0.717) is 25.0 Å². The lowest BCUT2D eigenvalue weighted by Crippen LogP contribution is -2.44. The molecule has 8 atom stereocenters. The number of carbonyl (C=O) groups is 2. The Morgan fingerprint density at radius 3 is 2.38 bits per heavy atom. The zero-order chi connectivity index (χ0) is 29.6. The standard InChI is InChI=1S/C32H46O8/c1-6-27(39-25-12-9-21(10-13-25)32(3,4)5)31(38)40-28-17-23(34)15-20-8-7-19(2)26(30(20)28)14-11-22(33)16-24(35)18-29(36)37/h7-10,12-13,15,19,22-24,26-28,30,33-35H,6,11,14,16-18H2,1-5H3,(H,36,37)/t19-,22+,23+,24+,26-,27?,28-,30-/m0/s1. The molecule has 0 spiro atoms. The first-order chi connectivity index (χ1) is 18.8. The summed E-state index contributed by atoms with van der Waals surface area (Å²) < 4.78 is 12.1. The number of aliphatic hydroxyl groups excluding tert-OH is 3. The lowest BCUT2D eigenvalue weighted by molar-refractivity contribution is -0.163. The average molecular weight is 559 g/mol. The quantitative estimate of drug-likeness (QED) is 0.275. The van der Waals surface area contributed by atoms with E-state index < -0.39 is 48.9 Å². The predicted molar refractivity (Wildman–Crippen MR) is 152 cm³/mol. The number of hydrogen-bond donors (Lipinski definition) is 4. The highest BCUT2D eigenvalue weighted by atomic mass is 16.6. The molecule has 3 rings (SSSR count). The third-order valence-electron chi connectivity index (χ3n) is 8.06. The van der Waals surface area contributed by atoms with Gasteiger partial charge in [0.1, 0.15) is 11.9 Å². The van der Waals surface area contributed by atoms with Gasteiger partial charge in [-0.05, 0) is 66.2 Å². The minimum absolute atomic E-state index is 0.00506. The summed E-state index contributed by atoms with van der Waals surface area (Å²) in [6.07, 6.45) is 3.03. The van der Waals surface area contributed by atoms with Crippen molar-refractivity contribution in [2.24, 2.45) is 17.8 Å². The number of hydrogen-bond acceptors (Lipinski definition) is 7. The smallest absolute Gasteiger partial charge is 0.347 e. The molecule has 4 N–H and O–H groups in total. The molecule has 1 aromatic carbocycles. The van der Waals surface area contributed by atoms with E-state index in [1.165, 1.54) is 0 Å². The number of rotatable bonds is 12. The maximum atomic E-state index is 13.3. The second-order valence-electron chi connectivity index (χ2n) is 12.4. The summed E-state index contributed by atoms with van der Waals surface area (Å²) in [6.45, 7) is 10.3. The van der Waals surface area contributed by atoms with E-state index in [1.807, 2.05) is 43.3 Å². The molecule has 0 saturated heterocycles. The van der Waals surface area contributed by atoms with Gasteiger partial charge >= 0.3 is 11.9 Å². The summed E-state index contributed by atoms with van der Waals surface area (Å²) in [5.74, 6) is -0.992. The summed E-state index contributed by atoms with van der Waals surface area (Å²) in [4.78, 5) is 24.2. The zero-order valence-electron chi connectivity index (χ0n) is 24.3. The molecule has 2 aliphatic carbocycles. The average Bonchev–Trinajstić information content (AvgIpc) is 2.85. The fraction of sp³-hybridized carbons (Fsp3) is 0.625. The number of aliphatic hydroxyl groups is 3. The van der Waals surface area contributed by atoms with Gasteiger partial charge in [-0.3, -0.25) is 4.79 Å². The molecule has 222 valence electrons. The molecule has 0 saturated carbocycles. The number of carboxylic acids is 1. The van der Waals surface area contributed by atoms with Gasteiger partial charge in [-0.2, -0.15) is 0 Å². The van der Waals surface area contributed by atoms with Crippen molar-refractivity contribution in [3.63, 3.8) is 0 Å². The largest absolute Gasteiger partial charge is 0.481 e. The Morgan fingerprint density at radius 2 is 1.77 bits per heavy atom. The van der Waals surface area contributed by atoms with Crippen LogP contribution in [0.15, 0.2) is 48.1 Å². The zero-order valence-corrected chi connectivity index (χ0v) is 24.3. The molecular formula is C32H46O8. The maximum Gasteiger partial charge on any atom is 0.347 e. The van der Waals surface area contributed by atoms with Gasteiger partial charge in [-0.15, -0.1) is 0 Å². The Hall–Kier alpha value is -2.68. The molecule has 2 aliphatic rings. The van der Waals surface area contributed by atoms with E-state index in [4.69, 9.17) is 14.6 Å². The lowest BCUT2D eigenvalue weighted by atomic mass is 9.66. The number of ether oxygens (including phenoxy) is 2. The summed E-state index contributed by atoms with van der Waals surface area (Å²) >= 11 is 0. The summed E-state index contributed by atoms with van der Waals surface area (Å²) in [5.41, 5.74) is 2.08. The molecule has 0 amide bonds. The molecular weight excluding hydrogens is 512 g/mol. The van der Waals surface area contributed by atoms with Crippen LogP contribution in [0.5, 0.6) is 5.75 Å². The van der Waals surface area contributed by atoms with Crippen LogP contribution in [0.4, 0.5) is 0 Å². The first-order valence-electron chi connectivity index (χ1n) is 14.4. The maximum absolute atomic E-state index is 13.3. The van der Waals surface area contributed by atoms with E-state index in [9.17, 15) is 24.9 Å². The van der Waals surface area contributed by atoms with E-state index >= 15 is 0 Å². The van der Waals surface area contributed by atoms with Gasteiger partial charge in [-0.25, -0.2) is 4.79 Å². The van der Waals surface area contributed by atoms with Gasteiger partial charge in [-0.1, -0.05) is 65.0 Å². The summed E-state index contributed by atoms with van der Waals surface area (Å²) in [6, 6.07) is 7.73. The van der Waals surface area contributed by atoms with Gasteiger partial charge in [0, 0.05) is 12.3 Å². The minimum atomic E-state index is -1.11. The van der Waals surface area contributed by atoms with Crippen LogP contribution in [0, 0.1) is 17.8 Å². The van der Waals surface area contributed by atoms with Gasteiger partial charge < -0.3 is 29.9 Å². The number of benzene rings is 1. The molecule has 40 heavy (non-hydrogen) atoms. The van der Waals surface area contributed by atoms with E-state index in [-0.39, 0.29) is 36.0 Å². The molecule has 8 heteroatoms. The van der Waals surface area contributed by atoms with Crippen molar-refractivity contribution in [2.75, 3.05) is 0 Å². The second-order valence-corrected chi connectivity index (χ2v) is 12.4. The molecule has 0 aliphatic heterocycles. The van der Waals surface area contributed by atoms with Gasteiger partial charge in [0.25, 0.3) is 0 Å². The Morgan fingerprint density at radius 1 is 1.10 bits per heavy atom. The minimum Gasteiger partial charge on any atom is -0.481 e. The Balaban J connectivity index is 1.70. The number of esters is 1. The topological polar surface area (TPSA) is 134 Å².